The molecule has 0 amide bonds. The third-order valence-corrected chi connectivity index (χ3v) is 4.00. The molecule has 0 aromatic heterocycles. The predicted molar refractivity (Wildman–Crippen MR) is 65.9 cm³/mol. The molecule has 1 unspecified atom stereocenters. The minimum atomic E-state index is -3.61. The maximum absolute atomic E-state index is 12.0. The lowest BCUT2D eigenvalue weighted by Gasteiger charge is -2.12. The topological polar surface area (TPSA) is 70.0 Å². The highest BCUT2D eigenvalue weighted by Gasteiger charge is 2.18. The number of hydrogen-bond donors (Lipinski definition) is 1. The van der Waals surface area contributed by atoms with Gasteiger partial charge in [-0.15, -0.1) is 6.58 Å². The second-order valence-corrected chi connectivity index (χ2v) is 5.42. The first kappa shape index (κ1) is 13.4. The number of hydrogen-bond acceptors (Lipinski definition) is 3. The van der Waals surface area contributed by atoms with Crippen LogP contribution in [0.4, 0.5) is 0 Å². The van der Waals surface area contributed by atoms with E-state index in [-0.39, 0.29) is 10.9 Å². The summed E-state index contributed by atoms with van der Waals surface area (Å²) in [7, 11) is -3.61. The van der Waals surface area contributed by atoms with E-state index in [1.807, 2.05) is 6.07 Å². The van der Waals surface area contributed by atoms with Gasteiger partial charge >= 0.3 is 0 Å². The number of aryl methyl sites for hydroxylation is 1. The number of sulfonamides is 1. The van der Waals surface area contributed by atoms with Crippen LogP contribution in [-0.2, 0) is 10.0 Å². The van der Waals surface area contributed by atoms with Gasteiger partial charge < -0.3 is 0 Å². The molecule has 0 spiro atoms. The Balaban J connectivity index is 3.24. The van der Waals surface area contributed by atoms with Gasteiger partial charge in [-0.2, -0.15) is 5.26 Å². The highest BCUT2D eigenvalue weighted by molar-refractivity contribution is 7.89. The van der Waals surface area contributed by atoms with E-state index in [2.05, 4.69) is 11.3 Å². The Kier molecular flexibility index (Phi) is 4.05. The lowest BCUT2D eigenvalue weighted by molar-refractivity contribution is 0.575. The molecular formula is C12H14N2O2S. The van der Waals surface area contributed by atoms with Gasteiger partial charge in [0.05, 0.1) is 16.5 Å². The number of rotatable bonds is 4. The first-order chi connectivity index (χ1) is 7.90. The van der Waals surface area contributed by atoms with E-state index in [0.29, 0.717) is 11.1 Å². The molecule has 0 fully saturated rings. The molecule has 1 aromatic carbocycles. The highest BCUT2D eigenvalue weighted by atomic mass is 32.2. The average molecular weight is 250 g/mol. The molecule has 1 rings (SSSR count). The van der Waals surface area contributed by atoms with Gasteiger partial charge in [0.25, 0.3) is 0 Å². The van der Waals surface area contributed by atoms with Gasteiger partial charge in [-0.05, 0) is 31.5 Å². The van der Waals surface area contributed by atoms with Crippen LogP contribution in [0.5, 0.6) is 0 Å². The van der Waals surface area contributed by atoms with Crippen molar-refractivity contribution in [1.82, 2.24) is 4.72 Å². The first-order valence-electron chi connectivity index (χ1n) is 5.06. The molecule has 0 heterocycles. The lowest BCUT2D eigenvalue weighted by Crippen LogP contribution is -2.31. The predicted octanol–water partition coefficient (Wildman–Crippen LogP) is 1.72. The molecular weight excluding hydrogens is 236 g/mol. The standard InChI is InChI=1S/C12H14N2O2S/c1-4-10(3)14-17(15,16)12-7-11(8-13)6-5-9(12)2/h4-7,10,14H,1H2,2-3H3. The Hall–Kier alpha value is -1.64. The van der Waals surface area contributed by atoms with Crippen LogP contribution in [0.3, 0.4) is 0 Å². The second-order valence-electron chi connectivity index (χ2n) is 3.74. The fraction of sp³-hybridized carbons (Fsp3) is 0.250. The second kappa shape index (κ2) is 5.13. The van der Waals surface area contributed by atoms with Crippen LogP contribution >= 0.6 is 0 Å². The van der Waals surface area contributed by atoms with Crippen LogP contribution in [0.2, 0.25) is 0 Å². The van der Waals surface area contributed by atoms with Gasteiger partial charge in [0.2, 0.25) is 10.0 Å². The van der Waals surface area contributed by atoms with Gasteiger partial charge in [-0.25, -0.2) is 13.1 Å². The van der Waals surface area contributed by atoms with Crippen LogP contribution in [0.1, 0.15) is 18.1 Å². The summed E-state index contributed by atoms with van der Waals surface area (Å²) in [5.74, 6) is 0. The van der Waals surface area contributed by atoms with E-state index < -0.39 is 10.0 Å². The molecule has 0 aliphatic heterocycles. The summed E-state index contributed by atoms with van der Waals surface area (Å²) >= 11 is 0. The molecule has 1 N–H and O–H groups in total. The number of benzene rings is 1. The first-order valence-corrected chi connectivity index (χ1v) is 6.54. The zero-order valence-corrected chi connectivity index (χ0v) is 10.6. The van der Waals surface area contributed by atoms with E-state index >= 15 is 0 Å². The number of nitrogens with zero attached hydrogens (tertiary/aromatic N) is 1. The molecule has 1 aromatic rings. The van der Waals surface area contributed by atoms with Crippen molar-refractivity contribution in [3.8, 4) is 6.07 Å². The Bertz CT molecular complexity index is 571. The van der Waals surface area contributed by atoms with Crippen molar-refractivity contribution in [2.75, 3.05) is 0 Å². The van der Waals surface area contributed by atoms with Crippen molar-refractivity contribution in [1.29, 1.82) is 5.26 Å². The van der Waals surface area contributed by atoms with E-state index in [1.54, 1.807) is 26.0 Å². The smallest absolute Gasteiger partial charge is 0.207 e. The molecule has 0 radical (unpaired) electrons. The number of nitrogens with one attached hydrogen (secondary N) is 1. The fourth-order valence-electron chi connectivity index (χ4n) is 1.32. The van der Waals surface area contributed by atoms with Crippen molar-refractivity contribution in [3.63, 3.8) is 0 Å². The summed E-state index contributed by atoms with van der Waals surface area (Å²) in [6.45, 7) is 6.89. The summed E-state index contributed by atoms with van der Waals surface area (Å²) in [5.41, 5.74) is 0.926. The zero-order valence-electron chi connectivity index (χ0n) is 9.77. The van der Waals surface area contributed by atoms with Crippen LogP contribution < -0.4 is 4.72 Å². The van der Waals surface area contributed by atoms with Gasteiger partial charge in [0.15, 0.2) is 0 Å². The van der Waals surface area contributed by atoms with Gasteiger partial charge in [0.1, 0.15) is 0 Å². The average Bonchev–Trinajstić information content (AvgIpc) is 2.28. The largest absolute Gasteiger partial charge is 0.241 e. The Labute approximate surface area is 102 Å². The van der Waals surface area contributed by atoms with Gasteiger partial charge in [-0.3, -0.25) is 0 Å². The summed E-state index contributed by atoms with van der Waals surface area (Å²) < 4.78 is 26.5. The molecule has 1 atom stereocenters. The van der Waals surface area contributed by atoms with Crippen molar-refractivity contribution >= 4 is 10.0 Å². The Morgan fingerprint density at radius 1 is 1.53 bits per heavy atom. The van der Waals surface area contributed by atoms with Crippen molar-refractivity contribution < 1.29 is 8.42 Å². The van der Waals surface area contributed by atoms with Crippen molar-refractivity contribution in [3.05, 3.63) is 42.0 Å². The van der Waals surface area contributed by atoms with Gasteiger partial charge in [0, 0.05) is 6.04 Å². The molecule has 0 aliphatic rings. The summed E-state index contributed by atoms with van der Waals surface area (Å²) in [6, 6.07) is 6.14. The van der Waals surface area contributed by atoms with E-state index in [0.717, 1.165) is 0 Å². The molecule has 5 heteroatoms. The minimum Gasteiger partial charge on any atom is -0.207 e. The van der Waals surface area contributed by atoms with Crippen LogP contribution in [0.15, 0.2) is 35.7 Å². The van der Waals surface area contributed by atoms with Crippen LogP contribution in [0.25, 0.3) is 0 Å². The molecule has 0 bridgehead atoms. The van der Waals surface area contributed by atoms with Crippen LogP contribution in [-0.4, -0.2) is 14.5 Å². The molecule has 0 saturated heterocycles. The maximum Gasteiger partial charge on any atom is 0.241 e. The molecule has 0 saturated carbocycles. The molecule has 17 heavy (non-hydrogen) atoms. The van der Waals surface area contributed by atoms with Crippen LogP contribution in [0, 0.1) is 18.3 Å². The minimum absolute atomic E-state index is 0.130. The third-order valence-electron chi connectivity index (χ3n) is 2.30. The lowest BCUT2D eigenvalue weighted by atomic mass is 10.2. The van der Waals surface area contributed by atoms with E-state index in [4.69, 9.17) is 5.26 Å². The third kappa shape index (κ3) is 3.16. The van der Waals surface area contributed by atoms with E-state index in [9.17, 15) is 8.42 Å². The Morgan fingerprint density at radius 3 is 2.71 bits per heavy atom. The quantitative estimate of drug-likeness (QED) is 0.827. The zero-order chi connectivity index (χ0) is 13.1. The molecule has 90 valence electrons. The monoisotopic (exact) mass is 250 g/mol. The normalized spacial score (nSPS) is 12.8. The fourth-order valence-corrected chi connectivity index (χ4v) is 2.80. The van der Waals surface area contributed by atoms with Crippen molar-refractivity contribution in [2.24, 2.45) is 0 Å². The molecule has 0 aliphatic carbocycles. The SMILES string of the molecule is C=CC(C)NS(=O)(=O)c1cc(C#N)ccc1C. The highest BCUT2D eigenvalue weighted by Crippen LogP contribution is 2.17. The molecule has 4 nitrogen and oxygen atoms in total. The summed E-state index contributed by atoms with van der Waals surface area (Å²) in [5, 5.41) is 8.77. The van der Waals surface area contributed by atoms with Crippen molar-refractivity contribution in [2.45, 2.75) is 24.8 Å². The summed E-state index contributed by atoms with van der Waals surface area (Å²) in [6.07, 6.45) is 1.50. The summed E-state index contributed by atoms with van der Waals surface area (Å²) in [4.78, 5) is 0.130. The number of nitriles is 1. The van der Waals surface area contributed by atoms with E-state index in [1.165, 1.54) is 12.1 Å². The Morgan fingerprint density at radius 2 is 2.18 bits per heavy atom. The maximum atomic E-state index is 12.0. The van der Waals surface area contributed by atoms with Gasteiger partial charge in [-0.1, -0.05) is 12.1 Å².